The van der Waals surface area contributed by atoms with Crippen LogP contribution in [0.25, 0.3) is 10.9 Å². The Morgan fingerprint density at radius 3 is 2.27 bits per heavy atom. The second-order valence-corrected chi connectivity index (χ2v) is 10.5. The summed E-state index contributed by atoms with van der Waals surface area (Å²) in [5.74, 6) is 0.750. The summed E-state index contributed by atoms with van der Waals surface area (Å²) in [5.41, 5.74) is 3.90. The number of para-hydroxylation sites is 1. The van der Waals surface area contributed by atoms with Gasteiger partial charge in [0.1, 0.15) is 12.0 Å². The molecule has 4 aromatic rings. The monoisotopic (exact) mass is 490 g/mol. The Labute approximate surface area is 219 Å². The summed E-state index contributed by atoms with van der Waals surface area (Å²) in [6.07, 6.45) is 5.02. The number of esters is 1. The molecule has 188 valence electrons. The van der Waals surface area contributed by atoms with Gasteiger partial charge in [-0.2, -0.15) is 0 Å². The van der Waals surface area contributed by atoms with E-state index in [1.54, 1.807) is 0 Å². The fourth-order valence-electron chi connectivity index (χ4n) is 6.62. The first kappa shape index (κ1) is 23.9. The number of hydrogen-bond acceptors (Lipinski definition) is 4. The molecule has 0 amide bonds. The van der Waals surface area contributed by atoms with Gasteiger partial charge < -0.3 is 4.74 Å². The van der Waals surface area contributed by atoms with Crippen molar-refractivity contribution >= 4 is 16.9 Å². The minimum Gasteiger partial charge on any atom is -0.455 e. The van der Waals surface area contributed by atoms with Gasteiger partial charge in [-0.3, -0.25) is 14.7 Å². The van der Waals surface area contributed by atoms with Crippen LogP contribution in [0.15, 0.2) is 97.2 Å². The number of piperidine rings is 3. The number of ether oxygens (including phenoxy) is 1. The van der Waals surface area contributed by atoms with Gasteiger partial charge in [-0.05, 0) is 54.5 Å². The largest absolute Gasteiger partial charge is 0.455 e. The van der Waals surface area contributed by atoms with Crippen molar-refractivity contribution in [1.82, 2.24) is 9.88 Å². The summed E-state index contributed by atoms with van der Waals surface area (Å²) >= 11 is 0. The number of rotatable bonds is 7. The van der Waals surface area contributed by atoms with E-state index in [0.717, 1.165) is 53.0 Å². The van der Waals surface area contributed by atoms with E-state index in [1.807, 2.05) is 85.1 Å². The Kier molecular flexibility index (Phi) is 6.75. The van der Waals surface area contributed by atoms with Crippen LogP contribution in [-0.2, 0) is 9.53 Å². The van der Waals surface area contributed by atoms with Crippen LogP contribution in [0.4, 0.5) is 0 Å². The van der Waals surface area contributed by atoms with Crippen LogP contribution in [0.3, 0.4) is 0 Å². The molecule has 3 aliphatic rings. The normalized spacial score (nSPS) is 23.7. The average molecular weight is 491 g/mol. The number of carbonyl (C=O) groups is 1. The highest BCUT2D eigenvalue weighted by molar-refractivity contribution is 5.85. The predicted molar refractivity (Wildman–Crippen MR) is 147 cm³/mol. The van der Waals surface area contributed by atoms with Gasteiger partial charge >= 0.3 is 5.97 Å². The third kappa shape index (κ3) is 4.67. The molecule has 1 aromatic heterocycles. The second kappa shape index (κ2) is 10.5. The third-order valence-electron chi connectivity index (χ3n) is 8.54. The van der Waals surface area contributed by atoms with Crippen molar-refractivity contribution in [2.24, 2.45) is 11.8 Å². The van der Waals surface area contributed by atoms with Crippen molar-refractivity contribution in [2.75, 3.05) is 13.1 Å². The highest BCUT2D eigenvalue weighted by Crippen LogP contribution is 2.44. The summed E-state index contributed by atoms with van der Waals surface area (Å²) in [6.45, 7) is 4.47. The van der Waals surface area contributed by atoms with Crippen LogP contribution in [0.5, 0.6) is 0 Å². The molecular formula is C33H34N2O2. The summed E-state index contributed by atoms with van der Waals surface area (Å²) < 4.78 is 6.67. The molecule has 5 atom stereocenters. The van der Waals surface area contributed by atoms with Crippen molar-refractivity contribution < 1.29 is 9.53 Å². The Hall–Kier alpha value is -3.50. The van der Waals surface area contributed by atoms with Crippen molar-refractivity contribution in [3.8, 4) is 0 Å². The minimum absolute atomic E-state index is 0.170. The summed E-state index contributed by atoms with van der Waals surface area (Å²) in [6, 6.07) is 30.4. The fourth-order valence-corrected chi connectivity index (χ4v) is 6.62. The standard InChI is InChI=1S/C33H34N2O2/c1-2-23-22-35-20-18-26(23)21-30(35)32(28-17-19-34-29-16-10-9-15-27(28)29)37-33(36)31(24-11-5-3-6-12-24)25-13-7-4-8-14-25/h3-17,19,23,26,30-32H,2,18,20-22H2,1H3/t23-,26-,30-,32+/m0/s1. The molecule has 1 unspecified atom stereocenters. The van der Waals surface area contributed by atoms with E-state index in [-0.39, 0.29) is 18.1 Å². The minimum atomic E-state index is -0.475. The van der Waals surface area contributed by atoms with E-state index in [9.17, 15) is 4.79 Å². The molecule has 3 saturated heterocycles. The van der Waals surface area contributed by atoms with Crippen LogP contribution in [0, 0.1) is 11.8 Å². The summed E-state index contributed by atoms with van der Waals surface area (Å²) in [7, 11) is 0. The Morgan fingerprint density at radius 2 is 1.62 bits per heavy atom. The number of pyridine rings is 1. The maximum atomic E-state index is 14.2. The van der Waals surface area contributed by atoms with Gasteiger partial charge in [0.15, 0.2) is 0 Å². The molecule has 7 rings (SSSR count). The van der Waals surface area contributed by atoms with Crippen molar-refractivity contribution in [3.05, 3.63) is 114 Å². The zero-order chi connectivity index (χ0) is 25.2. The van der Waals surface area contributed by atoms with Crippen LogP contribution < -0.4 is 0 Å². The molecule has 0 radical (unpaired) electrons. The maximum Gasteiger partial charge on any atom is 0.318 e. The number of nitrogens with zero attached hydrogens (tertiary/aromatic N) is 2. The van der Waals surface area contributed by atoms with Crippen molar-refractivity contribution in [1.29, 1.82) is 0 Å². The lowest BCUT2D eigenvalue weighted by molar-refractivity contribution is -0.158. The first-order chi connectivity index (χ1) is 18.2. The smallest absolute Gasteiger partial charge is 0.318 e. The molecule has 3 aromatic carbocycles. The molecule has 4 heteroatoms. The zero-order valence-corrected chi connectivity index (χ0v) is 21.4. The SMILES string of the molecule is CC[C@H]1CN2CC[C@H]1C[C@H]2[C@H](OC(=O)C(c1ccccc1)c1ccccc1)c1ccnc2ccccc12. The van der Waals surface area contributed by atoms with E-state index < -0.39 is 5.92 Å². The van der Waals surface area contributed by atoms with Gasteiger partial charge in [0.25, 0.3) is 0 Å². The Balaban J connectivity index is 1.41. The van der Waals surface area contributed by atoms with Gasteiger partial charge in [0.2, 0.25) is 0 Å². The van der Waals surface area contributed by atoms with Gasteiger partial charge in [-0.25, -0.2) is 0 Å². The second-order valence-electron chi connectivity index (χ2n) is 10.5. The highest BCUT2D eigenvalue weighted by Gasteiger charge is 2.45. The van der Waals surface area contributed by atoms with Crippen molar-refractivity contribution in [3.63, 3.8) is 0 Å². The molecule has 37 heavy (non-hydrogen) atoms. The number of carbonyl (C=O) groups excluding carboxylic acids is 1. The number of hydrogen-bond donors (Lipinski definition) is 0. The summed E-state index contributed by atoms with van der Waals surface area (Å²) in [5, 5.41) is 1.06. The van der Waals surface area contributed by atoms with E-state index in [1.165, 1.54) is 12.8 Å². The van der Waals surface area contributed by atoms with Crippen LogP contribution in [-0.4, -0.2) is 35.0 Å². The van der Waals surface area contributed by atoms with Crippen LogP contribution >= 0.6 is 0 Å². The molecule has 0 spiro atoms. The zero-order valence-electron chi connectivity index (χ0n) is 21.4. The van der Waals surface area contributed by atoms with E-state index >= 15 is 0 Å². The van der Waals surface area contributed by atoms with E-state index in [4.69, 9.17) is 4.74 Å². The molecule has 3 fully saturated rings. The summed E-state index contributed by atoms with van der Waals surface area (Å²) in [4.78, 5) is 21.4. The molecule has 0 saturated carbocycles. The van der Waals surface area contributed by atoms with Gasteiger partial charge in [0, 0.05) is 23.7 Å². The molecule has 2 bridgehead atoms. The molecule has 4 nitrogen and oxygen atoms in total. The first-order valence-electron chi connectivity index (χ1n) is 13.6. The molecule has 3 aliphatic heterocycles. The lowest BCUT2D eigenvalue weighted by Crippen LogP contribution is -2.55. The topological polar surface area (TPSA) is 42.4 Å². The molecule has 0 aliphatic carbocycles. The highest BCUT2D eigenvalue weighted by atomic mass is 16.5. The quantitative estimate of drug-likeness (QED) is 0.268. The van der Waals surface area contributed by atoms with Crippen molar-refractivity contribution in [2.45, 2.75) is 44.2 Å². The number of fused-ring (bicyclic) bond motifs is 4. The van der Waals surface area contributed by atoms with Gasteiger partial charge in [0.05, 0.1) is 11.6 Å². The van der Waals surface area contributed by atoms with Gasteiger partial charge in [-0.15, -0.1) is 0 Å². The lowest BCUT2D eigenvalue weighted by Gasteiger charge is -2.51. The fraction of sp³-hybridized carbons (Fsp3) is 0.333. The van der Waals surface area contributed by atoms with Crippen LogP contribution in [0.2, 0.25) is 0 Å². The average Bonchev–Trinajstić information content (AvgIpc) is 2.97. The molecule has 0 N–H and O–H groups in total. The molecule has 4 heterocycles. The lowest BCUT2D eigenvalue weighted by atomic mass is 9.72. The Bertz CT molecular complexity index is 1310. The number of aromatic nitrogens is 1. The number of benzene rings is 3. The molecular weight excluding hydrogens is 456 g/mol. The van der Waals surface area contributed by atoms with E-state index in [2.05, 4.69) is 28.9 Å². The first-order valence-corrected chi connectivity index (χ1v) is 13.6. The Morgan fingerprint density at radius 1 is 0.946 bits per heavy atom. The van der Waals surface area contributed by atoms with Gasteiger partial charge in [-0.1, -0.05) is 92.2 Å². The maximum absolute atomic E-state index is 14.2. The third-order valence-corrected chi connectivity index (χ3v) is 8.54. The van der Waals surface area contributed by atoms with Crippen LogP contribution in [0.1, 0.15) is 54.9 Å². The predicted octanol–water partition coefficient (Wildman–Crippen LogP) is 6.77. The van der Waals surface area contributed by atoms with E-state index in [0.29, 0.717) is 5.92 Å².